The highest BCUT2D eigenvalue weighted by atomic mass is 16.6. The van der Waals surface area contributed by atoms with E-state index in [0.29, 0.717) is 17.3 Å². The highest BCUT2D eigenvalue weighted by Crippen LogP contribution is 2.39. The Morgan fingerprint density at radius 3 is 2.90 bits per heavy atom. The minimum Gasteiger partial charge on any atom is -0.309 e. The third-order valence-electron chi connectivity index (χ3n) is 3.42. The van der Waals surface area contributed by atoms with E-state index in [4.69, 9.17) is 0 Å². The number of carbonyl (C=O) groups excluding carboxylic acids is 1. The van der Waals surface area contributed by atoms with E-state index in [9.17, 15) is 14.9 Å². The van der Waals surface area contributed by atoms with Crippen LogP contribution in [0.25, 0.3) is 0 Å². The van der Waals surface area contributed by atoms with Crippen LogP contribution in [-0.4, -0.2) is 21.0 Å². The molecule has 1 heterocycles. The van der Waals surface area contributed by atoms with Crippen LogP contribution >= 0.6 is 0 Å². The minimum absolute atomic E-state index is 0.0478. The molecule has 108 valence electrons. The summed E-state index contributed by atoms with van der Waals surface area (Å²) >= 11 is 0. The normalized spacial score (nSPS) is 13.9. The van der Waals surface area contributed by atoms with E-state index < -0.39 is 4.92 Å². The smallest absolute Gasteiger partial charge is 0.273 e. The molecule has 1 fully saturated rings. The molecule has 0 saturated heterocycles. The number of nitro benzene ring substituents is 1. The Morgan fingerprint density at radius 1 is 1.43 bits per heavy atom. The molecule has 1 saturated carbocycles. The molecule has 21 heavy (non-hydrogen) atoms. The maximum absolute atomic E-state index is 12.0. The molecule has 0 atom stereocenters. The van der Waals surface area contributed by atoms with Gasteiger partial charge in [-0.15, -0.1) is 0 Å². The second-order valence-corrected chi connectivity index (χ2v) is 5.09. The van der Waals surface area contributed by atoms with Crippen LogP contribution in [0.2, 0.25) is 0 Å². The molecule has 1 aliphatic carbocycles. The highest BCUT2D eigenvalue weighted by molar-refractivity contribution is 5.92. The Bertz CT molecular complexity index is 691. The van der Waals surface area contributed by atoms with Gasteiger partial charge in [-0.1, -0.05) is 18.2 Å². The number of H-pyrrole nitrogens is 1. The molecule has 1 aliphatic rings. The van der Waals surface area contributed by atoms with Crippen molar-refractivity contribution in [3.05, 3.63) is 51.7 Å². The van der Waals surface area contributed by atoms with E-state index in [1.165, 1.54) is 6.07 Å². The molecule has 3 rings (SSSR count). The first-order chi connectivity index (χ1) is 10.1. The third-order valence-corrected chi connectivity index (χ3v) is 3.42. The summed E-state index contributed by atoms with van der Waals surface area (Å²) < 4.78 is 0. The van der Waals surface area contributed by atoms with Gasteiger partial charge in [0.15, 0.2) is 5.82 Å². The van der Waals surface area contributed by atoms with Gasteiger partial charge in [0.25, 0.3) is 5.69 Å². The summed E-state index contributed by atoms with van der Waals surface area (Å²) in [4.78, 5) is 22.4. The average Bonchev–Trinajstić information content (AvgIpc) is 3.20. The van der Waals surface area contributed by atoms with Crippen LogP contribution in [0.3, 0.4) is 0 Å². The van der Waals surface area contributed by atoms with Gasteiger partial charge in [-0.05, 0) is 12.8 Å². The Hall–Kier alpha value is -2.70. The predicted octanol–water partition coefficient (Wildman–Crippen LogP) is 2.38. The van der Waals surface area contributed by atoms with Crippen LogP contribution in [-0.2, 0) is 11.2 Å². The largest absolute Gasteiger partial charge is 0.309 e. The lowest BCUT2D eigenvalue weighted by Crippen LogP contribution is -2.15. The number of nitro groups is 1. The van der Waals surface area contributed by atoms with Crippen molar-refractivity contribution in [2.24, 2.45) is 0 Å². The van der Waals surface area contributed by atoms with Crippen LogP contribution in [0.4, 0.5) is 11.5 Å². The lowest BCUT2D eigenvalue weighted by molar-refractivity contribution is -0.385. The lowest BCUT2D eigenvalue weighted by Gasteiger charge is -2.03. The second kappa shape index (κ2) is 5.35. The summed E-state index contributed by atoms with van der Waals surface area (Å²) in [6, 6.07) is 8.04. The number of hydrogen-bond donors (Lipinski definition) is 2. The van der Waals surface area contributed by atoms with Crippen molar-refractivity contribution in [2.75, 3.05) is 5.32 Å². The summed E-state index contributed by atoms with van der Waals surface area (Å²) in [6.07, 6.45) is 2.24. The zero-order valence-corrected chi connectivity index (χ0v) is 11.2. The number of amides is 1. The Morgan fingerprint density at radius 2 is 2.19 bits per heavy atom. The summed E-state index contributed by atoms with van der Waals surface area (Å²) in [6.45, 7) is 0. The van der Waals surface area contributed by atoms with Gasteiger partial charge in [-0.2, -0.15) is 5.10 Å². The number of nitrogens with zero attached hydrogens (tertiary/aromatic N) is 2. The van der Waals surface area contributed by atoms with E-state index in [2.05, 4.69) is 15.5 Å². The van der Waals surface area contributed by atoms with Gasteiger partial charge in [0.2, 0.25) is 5.91 Å². The van der Waals surface area contributed by atoms with Crippen LogP contribution in [0.15, 0.2) is 30.3 Å². The van der Waals surface area contributed by atoms with Gasteiger partial charge < -0.3 is 5.32 Å². The zero-order valence-electron chi connectivity index (χ0n) is 11.2. The van der Waals surface area contributed by atoms with E-state index in [0.717, 1.165) is 18.5 Å². The second-order valence-electron chi connectivity index (χ2n) is 5.09. The first-order valence-corrected chi connectivity index (χ1v) is 6.71. The molecule has 0 radical (unpaired) electrons. The number of hydrogen-bond acceptors (Lipinski definition) is 4. The van der Waals surface area contributed by atoms with Crippen LogP contribution < -0.4 is 5.32 Å². The number of para-hydroxylation sites is 1. The molecule has 0 spiro atoms. The summed E-state index contributed by atoms with van der Waals surface area (Å²) in [5, 5.41) is 20.5. The maximum atomic E-state index is 12.0. The zero-order chi connectivity index (χ0) is 14.8. The van der Waals surface area contributed by atoms with Crippen LogP contribution in [0, 0.1) is 10.1 Å². The van der Waals surface area contributed by atoms with Crippen molar-refractivity contribution in [3.8, 4) is 0 Å². The predicted molar refractivity (Wildman–Crippen MR) is 76.0 cm³/mol. The van der Waals surface area contributed by atoms with Crippen molar-refractivity contribution in [2.45, 2.75) is 25.2 Å². The molecule has 1 aromatic heterocycles. The summed E-state index contributed by atoms with van der Waals surface area (Å²) in [5.41, 5.74) is 1.36. The molecule has 1 aromatic carbocycles. The van der Waals surface area contributed by atoms with Gasteiger partial charge in [-0.3, -0.25) is 20.0 Å². The van der Waals surface area contributed by atoms with Gasteiger partial charge in [0.05, 0.1) is 11.3 Å². The van der Waals surface area contributed by atoms with Crippen molar-refractivity contribution in [1.82, 2.24) is 10.2 Å². The number of nitrogens with one attached hydrogen (secondary N) is 2. The van der Waals surface area contributed by atoms with E-state index in [1.807, 2.05) is 6.07 Å². The molecule has 0 aliphatic heterocycles. The fraction of sp³-hybridized carbons (Fsp3) is 0.286. The molecule has 1 amide bonds. The van der Waals surface area contributed by atoms with Gasteiger partial charge >= 0.3 is 0 Å². The van der Waals surface area contributed by atoms with Crippen molar-refractivity contribution in [1.29, 1.82) is 0 Å². The minimum atomic E-state index is -0.484. The highest BCUT2D eigenvalue weighted by Gasteiger charge is 2.25. The molecular formula is C14H14N4O3. The lowest BCUT2D eigenvalue weighted by atomic mass is 10.1. The number of aromatic nitrogens is 2. The van der Waals surface area contributed by atoms with E-state index >= 15 is 0 Å². The summed E-state index contributed by atoms with van der Waals surface area (Å²) in [7, 11) is 0. The Labute approximate surface area is 120 Å². The number of benzene rings is 1. The standard InChI is InChI=1S/C14H14N4O3/c19-14(7-10-3-1-2-4-12(10)18(20)21)15-13-8-11(16-17-13)9-5-6-9/h1-4,8-9H,5-7H2,(H2,15,16,17,19). The maximum Gasteiger partial charge on any atom is 0.273 e. The molecule has 7 heteroatoms. The molecule has 2 N–H and O–H groups in total. The van der Waals surface area contributed by atoms with Crippen molar-refractivity contribution in [3.63, 3.8) is 0 Å². The SMILES string of the molecule is O=C(Cc1ccccc1[N+](=O)[O-])Nc1cc(C2CC2)[nH]n1. The van der Waals surface area contributed by atoms with E-state index in [-0.39, 0.29) is 18.0 Å². The number of aromatic amines is 1. The Balaban J connectivity index is 1.67. The van der Waals surface area contributed by atoms with Crippen molar-refractivity contribution >= 4 is 17.4 Å². The third kappa shape index (κ3) is 3.07. The molecule has 7 nitrogen and oxygen atoms in total. The number of rotatable bonds is 5. The molecule has 0 bridgehead atoms. The number of carbonyl (C=O) groups is 1. The van der Waals surface area contributed by atoms with Crippen LogP contribution in [0.1, 0.15) is 30.0 Å². The first kappa shape index (κ1) is 13.3. The average molecular weight is 286 g/mol. The molecular weight excluding hydrogens is 272 g/mol. The molecule has 0 unspecified atom stereocenters. The van der Waals surface area contributed by atoms with E-state index in [1.54, 1.807) is 18.2 Å². The van der Waals surface area contributed by atoms with Crippen molar-refractivity contribution < 1.29 is 9.72 Å². The fourth-order valence-electron chi connectivity index (χ4n) is 2.20. The Kier molecular flexibility index (Phi) is 3.39. The van der Waals surface area contributed by atoms with Gasteiger partial charge in [-0.25, -0.2) is 0 Å². The van der Waals surface area contributed by atoms with Gasteiger partial charge in [0.1, 0.15) is 0 Å². The number of anilines is 1. The summed E-state index contributed by atoms with van der Waals surface area (Å²) in [5.74, 6) is 0.664. The van der Waals surface area contributed by atoms with Crippen LogP contribution in [0.5, 0.6) is 0 Å². The quantitative estimate of drug-likeness (QED) is 0.650. The molecule has 2 aromatic rings. The fourth-order valence-corrected chi connectivity index (χ4v) is 2.20. The topological polar surface area (TPSA) is 101 Å². The van der Waals surface area contributed by atoms with Gasteiger partial charge in [0, 0.05) is 29.3 Å². The monoisotopic (exact) mass is 286 g/mol. The first-order valence-electron chi connectivity index (χ1n) is 6.71.